The first kappa shape index (κ1) is 29.1. The number of nitrogens with zero attached hydrogens (tertiary/aromatic N) is 4. The molecule has 1 N–H and O–H groups in total. The van der Waals surface area contributed by atoms with Crippen LogP contribution in [0.25, 0.3) is 0 Å². The number of nitrogens with one attached hydrogen (secondary N) is 1. The van der Waals surface area contributed by atoms with Gasteiger partial charge in [-0.05, 0) is 84.1 Å². The van der Waals surface area contributed by atoms with Crippen molar-refractivity contribution in [1.82, 2.24) is 9.80 Å². The van der Waals surface area contributed by atoms with Crippen LogP contribution in [-0.2, 0) is 4.74 Å². The van der Waals surface area contributed by atoms with E-state index in [9.17, 15) is 9.59 Å². The van der Waals surface area contributed by atoms with Gasteiger partial charge < -0.3 is 29.5 Å². The van der Waals surface area contributed by atoms with Crippen LogP contribution >= 0.6 is 0 Å². The third-order valence-electron chi connectivity index (χ3n) is 6.59. The minimum atomic E-state index is -0.647. The first-order valence-electron chi connectivity index (χ1n) is 13.1. The number of methoxy groups -OCH3 is 1. The third kappa shape index (κ3) is 7.54. The predicted octanol–water partition coefficient (Wildman–Crippen LogP) is 4.97. The zero-order valence-electron chi connectivity index (χ0n) is 24.1. The Morgan fingerprint density at radius 1 is 1.00 bits per heavy atom. The highest BCUT2D eigenvalue weighted by Gasteiger charge is 2.27. The van der Waals surface area contributed by atoms with Crippen molar-refractivity contribution < 1.29 is 19.1 Å². The first-order valence-corrected chi connectivity index (χ1v) is 13.1. The van der Waals surface area contributed by atoms with Crippen molar-refractivity contribution in [3.63, 3.8) is 0 Å². The third-order valence-corrected chi connectivity index (χ3v) is 6.59. The molecule has 0 aliphatic carbocycles. The van der Waals surface area contributed by atoms with Gasteiger partial charge in [0.1, 0.15) is 11.4 Å². The summed E-state index contributed by atoms with van der Waals surface area (Å²) in [5.74, 6) is 0.523. The summed E-state index contributed by atoms with van der Waals surface area (Å²) in [7, 11) is 5.45. The van der Waals surface area contributed by atoms with Gasteiger partial charge >= 0.3 is 12.1 Å². The summed E-state index contributed by atoms with van der Waals surface area (Å²) in [6.45, 7) is 13.6. The van der Waals surface area contributed by atoms with E-state index in [2.05, 4.69) is 42.3 Å². The molecule has 1 fully saturated rings. The zero-order valence-corrected chi connectivity index (χ0v) is 24.1. The van der Waals surface area contributed by atoms with Crippen molar-refractivity contribution in [3.05, 3.63) is 47.5 Å². The molecule has 208 valence electrons. The predicted molar refractivity (Wildman–Crippen MR) is 154 cm³/mol. The highest BCUT2D eigenvalue weighted by atomic mass is 16.6. The lowest BCUT2D eigenvalue weighted by molar-refractivity contribution is 0.0577. The largest absolute Gasteiger partial charge is 0.495 e. The molecule has 0 saturated carbocycles. The molecule has 9 nitrogen and oxygen atoms in total. The minimum Gasteiger partial charge on any atom is -0.495 e. The lowest BCUT2D eigenvalue weighted by Gasteiger charge is -2.37. The van der Waals surface area contributed by atoms with Crippen molar-refractivity contribution in [2.75, 3.05) is 75.6 Å². The Hall–Kier alpha value is -3.46. The number of ether oxygens (including phenoxy) is 2. The van der Waals surface area contributed by atoms with Crippen LogP contribution in [0.15, 0.2) is 36.4 Å². The minimum absolute atomic E-state index is 0.168. The number of carbonyl (C=O) groups is 2. The van der Waals surface area contributed by atoms with Gasteiger partial charge in [0, 0.05) is 50.6 Å². The second-order valence-electron chi connectivity index (χ2n) is 10.9. The van der Waals surface area contributed by atoms with Crippen LogP contribution in [0.3, 0.4) is 0 Å². The first-order chi connectivity index (χ1) is 17.9. The number of urea groups is 1. The maximum atomic E-state index is 13.2. The molecule has 3 rings (SSSR count). The topological polar surface area (TPSA) is 77.6 Å². The SMILES string of the molecule is COc1ccc(NC(=O)N2CCN(c3cccc(C)c3C)CC2)cc1N(CCN(C)C)C(=O)OC(C)(C)C. The van der Waals surface area contributed by atoms with E-state index in [1.54, 1.807) is 30.2 Å². The number of likely N-dealkylation sites (N-methyl/N-ethyl adjacent to an activating group) is 1. The smallest absolute Gasteiger partial charge is 0.414 e. The van der Waals surface area contributed by atoms with Crippen molar-refractivity contribution in [2.24, 2.45) is 0 Å². The number of rotatable bonds is 7. The van der Waals surface area contributed by atoms with Crippen molar-refractivity contribution in [3.8, 4) is 5.75 Å². The molecular weight excluding hydrogens is 482 g/mol. The molecule has 0 aromatic heterocycles. The second kappa shape index (κ2) is 12.4. The molecule has 1 aliphatic rings. The second-order valence-corrected chi connectivity index (χ2v) is 10.9. The van der Waals surface area contributed by atoms with Crippen LogP contribution in [0.5, 0.6) is 5.75 Å². The molecule has 3 amide bonds. The molecule has 0 spiro atoms. The molecule has 9 heteroatoms. The summed E-state index contributed by atoms with van der Waals surface area (Å²) >= 11 is 0. The Balaban J connectivity index is 1.74. The van der Waals surface area contributed by atoms with E-state index in [4.69, 9.17) is 9.47 Å². The van der Waals surface area contributed by atoms with Crippen LogP contribution in [0, 0.1) is 13.8 Å². The molecule has 0 unspecified atom stereocenters. The maximum absolute atomic E-state index is 13.2. The molecule has 1 heterocycles. The van der Waals surface area contributed by atoms with E-state index in [1.165, 1.54) is 16.8 Å². The Morgan fingerprint density at radius 3 is 2.29 bits per heavy atom. The normalized spacial score (nSPS) is 13.9. The molecular formula is C29H43N5O4. The van der Waals surface area contributed by atoms with Crippen LogP contribution in [0.2, 0.25) is 0 Å². The van der Waals surface area contributed by atoms with Crippen LogP contribution in [0.4, 0.5) is 26.7 Å². The van der Waals surface area contributed by atoms with E-state index in [1.807, 2.05) is 44.7 Å². The van der Waals surface area contributed by atoms with Gasteiger partial charge in [-0.25, -0.2) is 9.59 Å². The molecule has 0 atom stereocenters. The van der Waals surface area contributed by atoms with E-state index in [-0.39, 0.29) is 6.03 Å². The number of carbonyl (C=O) groups excluding carboxylic acids is 2. The number of piperazine rings is 1. The number of amides is 3. The van der Waals surface area contributed by atoms with E-state index >= 15 is 0 Å². The van der Waals surface area contributed by atoms with Gasteiger partial charge in [-0.2, -0.15) is 0 Å². The number of benzene rings is 2. The Labute approximate surface area is 227 Å². The van der Waals surface area contributed by atoms with Crippen LogP contribution in [0.1, 0.15) is 31.9 Å². The average molecular weight is 526 g/mol. The summed E-state index contributed by atoms with van der Waals surface area (Å²) in [4.78, 5) is 34.0. The number of hydrogen-bond acceptors (Lipinski definition) is 6. The summed E-state index contributed by atoms with van der Waals surface area (Å²) in [5.41, 5.74) is 4.25. The fraction of sp³-hybridized carbons (Fsp3) is 0.517. The van der Waals surface area contributed by atoms with Gasteiger partial charge in [0.05, 0.1) is 12.8 Å². The van der Waals surface area contributed by atoms with E-state index in [0.29, 0.717) is 43.3 Å². The molecule has 1 aliphatic heterocycles. The quantitative estimate of drug-likeness (QED) is 0.550. The van der Waals surface area contributed by atoms with Gasteiger partial charge in [0.15, 0.2) is 0 Å². The van der Waals surface area contributed by atoms with E-state index in [0.717, 1.165) is 13.1 Å². The lowest BCUT2D eigenvalue weighted by atomic mass is 10.1. The van der Waals surface area contributed by atoms with Crippen LogP contribution < -0.4 is 19.9 Å². The van der Waals surface area contributed by atoms with Crippen molar-refractivity contribution in [1.29, 1.82) is 0 Å². The maximum Gasteiger partial charge on any atom is 0.414 e. The van der Waals surface area contributed by atoms with Gasteiger partial charge in [-0.1, -0.05) is 12.1 Å². The van der Waals surface area contributed by atoms with Crippen LogP contribution in [-0.4, -0.2) is 88.0 Å². The standard InChI is InChI=1S/C29H43N5O4/c1-21-10-9-11-24(22(21)2)32-15-17-33(18-16-32)27(35)30-23-12-13-26(37-8)25(20-23)34(19-14-31(6)7)28(36)38-29(3,4)5/h9-13,20H,14-19H2,1-8H3,(H,30,35). The number of aryl methyl sites for hydroxylation is 1. The summed E-state index contributed by atoms with van der Waals surface area (Å²) in [6, 6.07) is 11.5. The number of hydrogen-bond donors (Lipinski definition) is 1. The summed E-state index contributed by atoms with van der Waals surface area (Å²) in [6.07, 6.45) is -0.469. The van der Waals surface area contributed by atoms with Gasteiger partial charge in [0.25, 0.3) is 0 Å². The lowest BCUT2D eigenvalue weighted by Crippen LogP contribution is -2.50. The van der Waals surface area contributed by atoms with Gasteiger partial charge in [0.2, 0.25) is 0 Å². The molecule has 2 aromatic carbocycles. The molecule has 0 bridgehead atoms. The highest BCUT2D eigenvalue weighted by molar-refractivity contribution is 5.94. The monoisotopic (exact) mass is 525 g/mol. The zero-order chi connectivity index (χ0) is 28.0. The Morgan fingerprint density at radius 2 is 1.68 bits per heavy atom. The van der Waals surface area contributed by atoms with Crippen molar-refractivity contribution in [2.45, 2.75) is 40.2 Å². The van der Waals surface area contributed by atoms with Gasteiger partial charge in [-0.3, -0.25) is 4.90 Å². The molecule has 0 radical (unpaired) electrons. The summed E-state index contributed by atoms with van der Waals surface area (Å²) < 4.78 is 11.2. The summed E-state index contributed by atoms with van der Waals surface area (Å²) in [5, 5.41) is 3.01. The van der Waals surface area contributed by atoms with Gasteiger partial charge in [-0.15, -0.1) is 0 Å². The fourth-order valence-corrected chi connectivity index (χ4v) is 4.34. The number of anilines is 3. The molecule has 2 aromatic rings. The fourth-order valence-electron chi connectivity index (χ4n) is 4.34. The average Bonchev–Trinajstić information content (AvgIpc) is 2.85. The van der Waals surface area contributed by atoms with Crippen molar-refractivity contribution >= 4 is 29.2 Å². The highest BCUT2D eigenvalue weighted by Crippen LogP contribution is 2.33. The Kier molecular flexibility index (Phi) is 9.49. The van der Waals surface area contributed by atoms with E-state index < -0.39 is 11.7 Å². The Bertz CT molecular complexity index is 1120. The molecule has 1 saturated heterocycles. The molecule has 38 heavy (non-hydrogen) atoms.